The van der Waals surface area contributed by atoms with E-state index in [9.17, 15) is 0 Å². The van der Waals surface area contributed by atoms with Gasteiger partial charge in [0.25, 0.3) is 0 Å². The number of unbranched alkanes of at least 4 members (excludes halogenated alkanes) is 1. The van der Waals surface area contributed by atoms with Gasteiger partial charge in [0.2, 0.25) is 0 Å². The van der Waals surface area contributed by atoms with Gasteiger partial charge in [0.05, 0.1) is 22.7 Å². The van der Waals surface area contributed by atoms with Crippen LogP contribution in [0.5, 0.6) is 5.75 Å². The molecule has 0 aliphatic rings. The number of aryl methyl sites for hydroxylation is 1. The van der Waals surface area contributed by atoms with Gasteiger partial charge in [-0.2, -0.15) is 20.5 Å². The van der Waals surface area contributed by atoms with Gasteiger partial charge in [0, 0.05) is 6.92 Å². The van der Waals surface area contributed by atoms with E-state index in [1.807, 2.05) is 48.5 Å². The first-order valence-electron chi connectivity index (χ1n) is 9.98. The Labute approximate surface area is 177 Å². The van der Waals surface area contributed by atoms with Gasteiger partial charge in [-0.05, 0) is 79.1 Å². The van der Waals surface area contributed by atoms with Gasteiger partial charge in [-0.1, -0.05) is 31.4 Å². The second kappa shape index (κ2) is 11.3. The van der Waals surface area contributed by atoms with E-state index in [2.05, 4.69) is 51.5 Å². The largest absolute Gasteiger partial charge is 0.408 e. The SMILES string of the molecule is CC#COc1ccc(N=Nc2ccc(N=Nc3ccc(CCCC)cc3)cc2)cc1. The Morgan fingerprint density at radius 3 is 1.53 bits per heavy atom. The summed E-state index contributed by atoms with van der Waals surface area (Å²) in [6.45, 7) is 3.92. The Morgan fingerprint density at radius 2 is 1.10 bits per heavy atom. The first kappa shape index (κ1) is 20.9. The van der Waals surface area contributed by atoms with Crippen molar-refractivity contribution >= 4 is 22.7 Å². The lowest BCUT2D eigenvalue weighted by Gasteiger charge is -2.00. The number of benzene rings is 3. The molecule has 0 bridgehead atoms. The summed E-state index contributed by atoms with van der Waals surface area (Å²) in [5.74, 6) is 3.36. The molecule has 0 spiro atoms. The van der Waals surface area contributed by atoms with Crippen molar-refractivity contribution in [1.82, 2.24) is 0 Å². The quantitative estimate of drug-likeness (QED) is 0.279. The summed E-state index contributed by atoms with van der Waals surface area (Å²) in [6, 6.07) is 23.0. The zero-order valence-electron chi connectivity index (χ0n) is 17.2. The Hall–Kier alpha value is -3.78. The zero-order chi connectivity index (χ0) is 21.0. The molecule has 0 saturated carbocycles. The molecule has 0 fully saturated rings. The van der Waals surface area contributed by atoms with Crippen LogP contribution in [-0.2, 0) is 6.42 Å². The monoisotopic (exact) mass is 396 g/mol. The summed E-state index contributed by atoms with van der Waals surface area (Å²) in [7, 11) is 0. The first-order valence-corrected chi connectivity index (χ1v) is 9.98. The summed E-state index contributed by atoms with van der Waals surface area (Å²) >= 11 is 0. The van der Waals surface area contributed by atoms with E-state index in [0.717, 1.165) is 29.2 Å². The minimum Gasteiger partial charge on any atom is -0.408 e. The summed E-state index contributed by atoms with van der Waals surface area (Å²) in [5.41, 5.74) is 4.42. The van der Waals surface area contributed by atoms with E-state index in [1.165, 1.54) is 18.4 Å². The van der Waals surface area contributed by atoms with Gasteiger partial charge >= 0.3 is 0 Å². The molecule has 0 N–H and O–H groups in total. The molecule has 3 rings (SSSR count). The normalized spacial score (nSPS) is 10.9. The van der Waals surface area contributed by atoms with Crippen molar-refractivity contribution in [1.29, 1.82) is 0 Å². The van der Waals surface area contributed by atoms with Crippen LogP contribution in [0.4, 0.5) is 22.7 Å². The third kappa shape index (κ3) is 6.68. The van der Waals surface area contributed by atoms with E-state index < -0.39 is 0 Å². The number of nitrogens with zero attached hydrogens (tertiary/aromatic N) is 4. The highest BCUT2D eigenvalue weighted by atomic mass is 16.5. The van der Waals surface area contributed by atoms with Gasteiger partial charge < -0.3 is 4.74 Å². The van der Waals surface area contributed by atoms with Crippen molar-refractivity contribution in [2.24, 2.45) is 20.5 Å². The summed E-state index contributed by atoms with van der Waals surface area (Å²) in [6.07, 6.45) is 6.07. The summed E-state index contributed by atoms with van der Waals surface area (Å²) in [5, 5.41) is 17.1. The van der Waals surface area contributed by atoms with E-state index in [1.54, 1.807) is 19.1 Å². The van der Waals surface area contributed by atoms with E-state index in [4.69, 9.17) is 4.74 Å². The van der Waals surface area contributed by atoms with Crippen LogP contribution >= 0.6 is 0 Å². The van der Waals surface area contributed by atoms with Crippen LogP contribution in [0.2, 0.25) is 0 Å². The Balaban J connectivity index is 1.57. The molecule has 0 aliphatic carbocycles. The minimum atomic E-state index is 0.675. The fourth-order valence-electron chi connectivity index (χ4n) is 2.62. The molecule has 3 aromatic rings. The van der Waals surface area contributed by atoms with Crippen LogP contribution in [0.25, 0.3) is 0 Å². The molecule has 0 aromatic heterocycles. The molecule has 0 amide bonds. The van der Waals surface area contributed by atoms with Crippen molar-refractivity contribution in [2.45, 2.75) is 33.1 Å². The van der Waals surface area contributed by atoms with Gasteiger partial charge in [-0.3, -0.25) is 0 Å². The van der Waals surface area contributed by atoms with Crippen LogP contribution in [0.1, 0.15) is 32.3 Å². The predicted molar refractivity (Wildman–Crippen MR) is 120 cm³/mol. The Bertz CT molecular complexity index is 1040. The lowest BCUT2D eigenvalue weighted by atomic mass is 10.1. The van der Waals surface area contributed by atoms with Gasteiger partial charge in [-0.15, -0.1) is 0 Å². The molecular formula is C25H24N4O. The van der Waals surface area contributed by atoms with E-state index in [0.29, 0.717) is 5.75 Å². The second-order valence-corrected chi connectivity index (χ2v) is 6.63. The highest BCUT2D eigenvalue weighted by Crippen LogP contribution is 2.24. The molecule has 3 aromatic carbocycles. The highest BCUT2D eigenvalue weighted by molar-refractivity contribution is 5.48. The maximum Gasteiger partial charge on any atom is 0.140 e. The van der Waals surface area contributed by atoms with Crippen molar-refractivity contribution < 1.29 is 4.74 Å². The fourth-order valence-corrected chi connectivity index (χ4v) is 2.62. The molecule has 150 valence electrons. The molecule has 0 saturated heterocycles. The number of hydrogen-bond donors (Lipinski definition) is 0. The molecular weight excluding hydrogens is 372 g/mol. The van der Waals surface area contributed by atoms with Crippen molar-refractivity contribution in [3.63, 3.8) is 0 Å². The average Bonchev–Trinajstić information content (AvgIpc) is 2.80. The number of rotatable bonds is 8. The molecule has 0 heterocycles. The van der Waals surface area contributed by atoms with Crippen molar-refractivity contribution in [2.75, 3.05) is 0 Å². The van der Waals surface area contributed by atoms with E-state index >= 15 is 0 Å². The minimum absolute atomic E-state index is 0.675. The smallest absolute Gasteiger partial charge is 0.140 e. The van der Waals surface area contributed by atoms with Gasteiger partial charge in [0.15, 0.2) is 0 Å². The molecule has 0 atom stereocenters. The maximum absolute atomic E-state index is 5.21. The zero-order valence-corrected chi connectivity index (χ0v) is 17.2. The van der Waals surface area contributed by atoms with E-state index in [-0.39, 0.29) is 0 Å². The van der Waals surface area contributed by atoms with Crippen molar-refractivity contribution in [3.8, 4) is 17.8 Å². The maximum atomic E-state index is 5.21. The van der Waals surface area contributed by atoms with Crippen molar-refractivity contribution in [3.05, 3.63) is 78.4 Å². The third-order valence-corrected chi connectivity index (χ3v) is 4.27. The summed E-state index contributed by atoms with van der Waals surface area (Å²) in [4.78, 5) is 0. The van der Waals surface area contributed by atoms with Crippen LogP contribution < -0.4 is 4.74 Å². The number of hydrogen-bond acceptors (Lipinski definition) is 5. The molecule has 5 nitrogen and oxygen atoms in total. The number of azo groups is 2. The van der Waals surface area contributed by atoms with Gasteiger partial charge in [-0.25, -0.2) is 0 Å². The highest BCUT2D eigenvalue weighted by Gasteiger charge is 1.96. The second-order valence-electron chi connectivity index (χ2n) is 6.63. The Kier molecular flexibility index (Phi) is 7.87. The Morgan fingerprint density at radius 1 is 0.667 bits per heavy atom. The topological polar surface area (TPSA) is 58.7 Å². The molecule has 5 heteroatoms. The number of ether oxygens (including phenoxy) is 1. The average molecular weight is 396 g/mol. The molecule has 30 heavy (non-hydrogen) atoms. The first-order chi connectivity index (χ1) is 14.8. The molecule has 0 radical (unpaired) electrons. The third-order valence-electron chi connectivity index (χ3n) is 4.27. The predicted octanol–water partition coefficient (Wildman–Crippen LogP) is 8.22. The standard InChI is InChI=1S/C25H24N4O/c1-3-5-6-20-7-9-21(10-8-20)26-27-22-11-13-23(14-12-22)28-29-24-15-17-25(18-16-24)30-19-4-2/h7-18H,3,5-6H2,1-2H3. The lowest BCUT2D eigenvalue weighted by Crippen LogP contribution is -1.82. The van der Waals surface area contributed by atoms with Gasteiger partial charge in [0.1, 0.15) is 11.9 Å². The molecule has 0 unspecified atom stereocenters. The van der Waals surface area contributed by atoms with Crippen LogP contribution in [-0.4, -0.2) is 0 Å². The van der Waals surface area contributed by atoms with Crippen LogP contribution in [0, 0.1) is 12.0 Å². The lowest BCUT2D eigenvalue weighted by molar-refractivity contribution is 0.519. The molecule has 0 aliphatic heterocycles. The van der Waals surface area contributed by atoms with Crippen LogP contribution in [0.3, 0.4) is 0 Å². The summed E-state index contributed by atoms with van der Waals surface area (Å²) < 4.78 is 5.21. The van der Waals surface area contributed by atoms with Crippen LogP contribution in [0.15, 0.2) is 93.3 Å². The fraction of sp³-hybridized carbons (Fsp3) is 0.200.